The van der Waals surface area contributed by atoms with Crippen molar-refractivity contribution < 1.29 is 14.3 Å². The molecule has 0 bridgehead atoms. The van der Waals surface area contributed by atoms with Crippen LogP contribution in [0.4, 0.5) is 5.69 Å². The number of amides is 2. The number of nitrogens with zero attached hydrogens (tertiary/aromatic N) is 1. The van der Waals surface area contributed by atoms with Gasteiger partial charge in [-0.3, -0.25) is 9.59 Å². The zero-order chi connectivity index (χ0) is 22.2. The Morgan fingerprint density at radius 1 is 0.968 bits per heavy atom. The minimum absolute atomic E-state index is 0.419. The molecule has 8 heteroatoms. The van der Waals surface area contributed by atoms with E-state index in [-0.39, 0.29) is 0 Å². The van der Waals surface area contributed by atoms with E-state index in [4.69, 9.17) is 27.9 Å². The summed E-state index contributed by atoms with van der Waals surface area (Å²) in [7, 11) is 0. The van der Waals surface area contributed by atoms with E-state index in [0.717, 1.165) is 16.7 Å². The number of ether oxygens (including phenoxy) is 1. The number of hydrogen-bond acceptors (Lipinski definition) is 4. The van der Waals surface area contributed by atoms with Crippen LogP contribution >= 0.6 is 23.2 Å². The van der Waals surface area contributed by atoms with E-state index in [1.165, 1.54) is 6.21 Å². The van der Waals surface area contributed by atoms with Gasteiger partial charge in [0, 0.05) is 15.7 Å². The summed E-state index contributed by atoms with van der Waals surface area (Å²) in [5.41, 5.74) is 5.21. The highest BCUT2D eigenvalue weighted by atomic mass is 35.5. The van der Waals surface area contributed by atoms with Crippen LogP contribution in [0, 0.1) is 6.92 Å². The van der Waals surface area contributed by atoms with Crippen molar-refractivity contribution >= 4 is 46.9 Å². The van der Waals surface area contributed by atoms with E-state index in [0.29, 0.717) is 28.1 Å². The predicted molar refractivity (Wildman–Crippen MR) is 123 cm³/mol. The number of hydrogen-bond donors (Lipinski definition) is 2. The lowest BCUT2D eigenvalue weighted by atomic mass is 10.2. The fraction of sp³-hybridized carbons (Fsp3) is 0.0870. The van der Waals surface area contributed by atoms with Crippen molar-refractivity contribution in [3.8, 4) is 5.75 Å². The van der Waals surface area contributed by atoms with Gasteiger partial charge in [-0.25, -0.2) is 5.43 Å². The molecule has 158 valence electrons. The molecule has 6 nitrogen and oxygen atoms in total. The number of nitrogens with one attached hydrogen (secondary N) is 2. The quantitative estimate of drug-likeness (QED) is 0.312. The molecule has 0 saturated heterocycles. The second kappa shape index (κ2) is 10.6. The fourth-order valence-electron chi connectivity index (χ4n) is 2.47. The Balaban J connectivity index is 1.47. The molecule has 3 aromatic rings. The number of carbonyl (C=O) groups is 2. The average Bonchev–Trinajstić information content (AvgIpc) is 2.76. The van der Waals surface area contributed by atoms with Crippen LogP contribution in [0.25, 0.3) is 0 Å². The molecule has 0 radical (unpaired) electrons. The summed E-state index contributed by atoms with van der Waals surface area (Å²) >= 11 is 11.9. The van der Waals surface area contributed by atoms with Crippen LogP contribution in [-0.4, -0.2) is 18.0 Å². The Morgan fingerprint density at radius 2 is 1.68 bits per heavy atom. The maximum Gasteiger partial charge on any atom is 0.329 e. The average molecular weight is 456 g/mol. The Labute approximate surface area is 189 Å². The summed E-state index contributed by atoms with van der Waals surface area (Å²) in [4.78, 5) is 23.8. The number of hydrazone groups is 1. The van der Waals surface area contributed by atoms with Gasteiger partial charge in [0.05, 0.1) is 6.21 Å². The van der Waals surface area contributed by atoms with E-state index < -0.39 is 11.8 Å². The molecule has 0 aliphatic rings. The zero-order valence-corrected chi connectivity index (χ0v) is 18.1. The van der Waals surface area contributed by atoms with Crippen molar-refractivity contribution in [2.24, 2.45) is 5.10 Å². The lowest BCUT2D eigenvalue weighted by molar-refractivity contribution is -0.136. The maximum absolute atomic E-state index is 11.9. The molecule has 0 fully saturated rings. The van der Waals surface area contributed by atoms with E-state index in [9.17, 15) is 9.59 Å². The Hall–Kier alpha value is -3.35. The molecule has 2 amide bonds. The number of anilines is 1. The van der Waals surface area contributed by atoms with Crippen LogP contribution < -0.4 is 15.5 Å². The third kappa shape index (κ3) is 6.84. The van der Waals surface area contributed by atoms with Crippen molar-refractivity contribution in [1.82, 2.24) is 5.43 Å². The first-order valence-electron chi connectivity index (χ1n) is 9.28. The molecule has 0 atom stereocenters. The monoisotopic (exact) mass is 455 g/mol. The highest BCUT2D eigenvalue weighted by Crippen LogP contribution is 2.20. The highest BCUT2D eigenvalue weighted by molar-refractivity contribution is 6.39. The summed E-state index contributed by atoms with van der Waals surface area (Å²) in [6.45, 7) is 2.26. The van der Waals surface area contributed by atoms with E-state index >= 15 is 0 Å². The zero-order valence-electron chi connectivity index (χ0n) is 16.6. The third-order valence-electron chi connectivity index (χ3n) is 4.21. The summed E-state index contributed by atoms with van der Waals surface area (Å²) in [6.07, 6.45) is 1.43. The molecule has 31 heavy (non-hydrogen) atoms. The van der Waals surface area contributed by atoms with Gasteiger partial charge in [0.1, 0.15) is 12.4 Å². The van der Waals surface area contributed by atoms with Crippen molar-refractivity contribution in [3.63, 3.8) is 0 Å². The number of halogens is 2. The van der Waals surface area contributed by atoms with Crippen molar-refractivity contribution in [3.05, 3.63) is 93.5 Å². The van der Waals surface area contributed by atoms with Gasteiger partial charge < -0.3 is 10.1 Å². The molecule has 0 aliphatic heterocycles. The number of benzene rings is 3. The normalized spacial score (nSPS) is 10.7. The number of rotatable bonds is 6. The minimum atomic E-state index is -0.893. The first kappa shape index (κ1) is 22.3. The van der Waals surface area contributed by atoms with Gasteiger partial charge in [-0.2, -0.15) is 5.10 Å². The molecule has 3 rings (SSSR count). The van der Waals surface area contributed by atoms with E-state index in [2.05, 4.69) is 15.8 Å². The van der Waals surface area contributed by atoms with Gasteiger partial charge in [-0.1, -0.05) is 41.4 Å². The topological polar surface area (TPSA) is 79.8 Å². The van der Waals surface area contributed by atoms with Crippen molar-refractivity contribution in [2.45, 2.75) is 13.5 Å². The first-order valence-corrected chi connectivity index (χ1v) is 10.0. The van der Waals surface area contributed by atoms with Gasteiger partial charge in [0.2, 0.25) is 0 Å². The lowest BCUT2D eigenvalue weighted by Gasteiger charge is -2.07. The third-order valence-corrected chi connectivity index (χ3v) is 4.87. The predicted octanol–water partition coefficient (Wildman–Crippen LogP) is 4.97. The molecule has 0 unspecified atom stereocenters. The van der Waals surface area contributed by atoms with E-state index in [1.54, 1.807) is 42.5 Å². The molecule has 0 aliphatic carbocycles. The van der Waals surface area contributed by atoms with Crippen LogP contribution in [0.1, 0.15) is 16.7 Å². The number of carbonyl (C=O) groups excluding carboxylic acids is 2. The Kier molecular flexibility index (Phi) is 7.65. The van der Waals surface area contributed by atoms with Gasteiger partial charge >= 0.3 is 11.8 Å². The highest BCUT2D eigenvalue weighted by Gasteiger charge is 2.13. The summed E-state index contributed by atoms with van der Waals surface area (Å²) in [5, 5.41) is 7.44. The van der Waals surface area contributed by atoms with Crippen LogP contribution in [-0.2, 0) is 16.2 Å². The summed E-state index contributed by atoms with van der Waals surface area (Å²) in [6, 6.07) is 19.5. The molecule has 0 saturated carbocycles. The Bertz CT molecular complexity index is 1100. The molecule has 2 N–H and O–H groups in total. The summed E-state index contributed by atoms with van der Waals surface area (Å²) < 4.78 is 5.71. The lowest BCUT2D eigenvalue weighted by Crippen LogP contribution is -2.32. The second-order valence-electron chi connectivity index (χ2n) is 6.60. The smallest absolute Gasteiger partial charge is 0.329 e. The molecular weight excluding hydrogens is 437 g/mol. The largest absolute Gasteiger partial charge is 0.489 e. The number of aryl methyl sites for hydroxylation is 1. The van der Waals surface area contributed by atoms with Gasteiger partial charge in [-0.15, -0.1) is 0 Å². The van der Waals surface area contributed by atoms with Crippen LogP contribution in [0.15, 0.2) is 71.8 Å². The summed E-state index contributed by atoms with van der Waals surface area (Å²) in [5.74, 6) is -1.05. The minimum Gasteiger partial charge on any atom is -0.489 e. The Morgan fingerprint density at radius 3 is 2.35 bits per heavy atom. The maximum atomic E-state index is 11.9. The van der Waals surface area contributed by atoms with Crippen LogP contribution in [0.5, 0.6) is 5.75 Å². The standard InChI is InChI=1S/C23H19Cl2N3O3/c1-15-2-9-19(12-21(15)25)27-22(29)23(30)28-26-13-16-5-10-20(11-6-16)31-14-17-3-7-18(24)8-4-17/h2-13H,14H2,1H3,(H,27,29)(H,28,30). The van der Waals surface area contributed by atoms with Gasteiger partial charge in [-0.05, 0) is 72.1 Å². The molecule has 0 heterocycles. The molecule has 0 spiro atoms. The van der Waals surface area contributed by atoms with Crippen molar-refractivity contribution in [1.29, 1.82) is 0 Å². The van der Waals surface area contributed by atoms with Crippen molar-refractivity contribution in [2.75, 3.05) is 5.32 Å². The van der Waals surface area contributed by atoms with Crippen LogP contribution in [0.3, 0.4) is 0 Å². The first-order chi connectivity index (χ1) is 14.9. The second-order valence-corrected chi connectivity index (χ2v) is 7.45. The molecule has 3 aromatic carbocycles. The molecule has 0 aromatic heterocycles. The SMILES string of the molecule is Cc1ccc(NC(=O)C(=O)NN=Cc2ccc(OCc3ccc(Cl)cc3)cc2)cc1Cl. The van der Waals surface area contributed by atoms with E-state index in [1.807, 2.05) is 31.2 Å². The van der Waals surface area contributed by atoms with Crippen LogP contribution in [0.2, 0.25) is 10.0 Å². The van der Waals surface area contributed by atoms with Gasteiger partial charge in [0.15, 0.2) is 0 Å². The van der Waals surface area contributed by atoms with Gasteiger partial charge in [0.25, 0.3) is 0 Å². The fourth-order valence-corrected chi connectivity index (χ4v) is 2.78. The molecular formula is C23H19Cl2N3O3.